The molecule has 2 amide bonds. The lowest BCUT2D eigenvalue weighted by atomic mass is 10.1. The van der Waals surface area contributed by atoms with Gasteiger partial charge < -0.3 is 14.8 Å². The highest BCUT2D eigenvalue weighted by Crippen LogP contribution is 2.33. The molecule has 0 unspecified atom stereocenters. The van der Waals surface area contributed by atoms with Gasteiger partial charge in [-0.2, -0.15) is 0 Å². The smallest absolute Gasteiger partial charge is 0.265 e. The van der Waals surface area contributed by atoms with Crippen molar-refractivity contribution in [2.75, 3.05) is 30.5 Å². The molecule has 7 nitrogen and oxygen atoms in total. The van der Waals surface area contributed by atoms with Crippen molar-refractivity contribution in [3.63, 3.8) is 0 Å². The summed E-state index contributed by atoms with van der Waals surface area (Å²) in [6, 6.07) is 9.71. The zero-order valence-corrected chi connectivity index (χ0v) is 16.2. The van der Waals surface area contributed by atoms with Crippen molar-refractivity contribution in [3.8, 4) is 11.5 Å². The fourth-order valence-electron chi connectivity index (χ4n) is 2.84. The number of anilines is 2. The fourth-order valence-corrected chi connectivity index (χ4v) is 3.10. The molecule has 28 heavy (non-hydrogen) atoms. The van der Waals surface area contributed by atoms with Crippen molar-refractivity contribution in [2.45, 2.75) is 13.3 Å². The van der Waals surface area contributed by atoms with E-state index in [-0.39, 0.29) is 24.8 Å². The van der Waals surface area contributed by atoms with E-state index in [4.69, 9.17) is 21.1 Å². The number of amides is 2. The molecule has 0 bridgehead atoms. The second-order valence-electron chi connectivity index (χ2n) is 6.13. The minimum absolute atomic E-state index is 0.0573. The molecule has 1 heterocycles. The molecule has 146 valence electrons. The molecular weight excluding hydrogens is 384 g/mol. The molecule has 0 spiro atoms. The Bertz CT molecular complexity index is 944. The van der Waals surface area contributed by atoms with Crippen LogP contribution < -0.4 is 19.7 Å². The highest BCUT2D eigenvalue weighted by molar-refractivity contribution is 6.32. The van der Waals surface area contributed by atoms with E-state index >= 15 is 0 Å². The minimum Gasteiger partial charge on any atom is -0.495 e. The number of benzene rings is 2. The average molecular weight is 403 g/mol. The molecule has 0 aromatic heterocycles. The first-order chi connectivity index (χ1) is 13.4. The summed E-state index contributed by atoms with van der Waals surface area (Å²) in [4.78, 5) is 38.1. The highest BCUT2D eigenvalue weighted by atomic mass is 35.5. The number of nitrogens with one attached hydrogen (secondary N) is 1. The first kappa shape index (κ1) is 19.7. The van der Waals surface area contributed by atoms with Gasteiger partial charge in [0, 0.05) is 17.7 Å². The fraction of sp³-hybridized carbons (Fsp3) is 0.250. The van der Waals surface area contributed by atoms with E-state index in [1.807, 2.05) is 0 Å². The summed E-state index contributed by atoms with van der Waals surface area (Å²) in [5.74, 6) is 0.113. The normalized spacial score (nSPS) is 12.8. The highest BCUT2D eigenvalue weighted by Gasteiger charge is 2.28. The van der Waals surface area contributed by atoms with Crippen molar-refractivity contribution in [2.24, 2.45) is 0 Å². The van der Waals surface area contributed by atoms with Crippen molar-refractivity contribution in [1.82, 2.24) is 0 Å². The van der Waals surface area contributed by atoms with E-state index in [9.17, 15) is 14.4 Å². The van der Waals surface area contributed by atoms with Crippen LogP contribution in [0.5, 0.6) is 11.5 Å². The van der Waals surface area contributed by atoms with Crippen molar-refractivity contribution in [1.29, 1.82) is 0 Å². The number of hydrogen-bond acceptors (Lipinski definition) is 5. The zero-order chi connectivity index (χ0) is 20.3. The van der Waals surface area contributed by atoms with Crippen LogP contribution in [0.1, 0.15) is 23.7 Å². The van der Waals surface area contributed by atoms with Crippen LogP contribution in [-0.2, 0) is 9.59 Å². The Morgan fingerprint density at radius 3 is 2.71 bits per heavy atom. The third-order valence-corrected chi connectivity index (χ3v) is 4.58. The molecule has 2 aromatic carbocycles. The van der Waals surface area contributed by atoms with Gasteiger partial charge in [0.2, 0.25) is 5.91 Å². The summed E-state index contributed by atoms with van der Waals surface area (Å²) < 4.78 is 10.5. The minimum atomic E-state index is -0.408. The molecule has 0 atom stereocenters. The van der Waals surface area contributed by atoms with E-state index in [2.05, 4.69) is 5.32 Å². The summed E-state index contributed by atoms with van der Waals surface area (Å²) in [5, 5.41) is 3.06. The van der Waals surface area contributed by atoms with Crippen molar-refractivity contribution >= 4 is 40.6 Å². The van der Waals surface area contributed by atoms with Crippen LogP contribution in [-0.4, -0.2) is 37.9 Å². The molecule has 1 aliphatic rings. The quantitative estimate of drug-likeness (QED) is 0.749. The maximum Gasteiger partial charge on any atom is 0.265 e. The summed E-state index contributed by atoms with van der Waals surface area (Å²) in [6.45, 7) is 1.37. The van der Waals surface area contributed by atoms with Gasteiger partial charge in [-0.1, -0.05) is 18.5 Å². The van der Waals surface area contributed by atoms with E-state index in [0.29, 0.717) is 39.9 Å². The molecule has 0 saturated carbocycles. The number of carbonyl (C=O) groups excluding carboxylic acids is 3. The average Bonchev–Trinajstić information content (AvgIpc) is 2.69. The SMILES string of the molecule is CCC(=O)c1ccc2c(c1)N(CC(=O)Nc1ccc(OC)c(Cl)c1)C(=O)CO2. The summed E-state index contributed by atoms with van der Waals surface area (Å²) in [5.41, 5.74) is 1.34. The zero-order valence-electron chi connectivity index (χ0n) is 15.5. The van der Waals surface area contributed by atoms with Gasteiger partial charge in [0.05, 0.1) is 17.8 Å². The molecule has 1 N–H and O–H groups in total. The second kappa shape index (κ2) is 8.31. The van der Waals surface area contributed by atoms with Gasteiger partial charge in [-0.05, 0) is 36.4 Å². The van der Waals surface area contributed by atoms with E-state index < -0.39 is 5.91 Å². The number of Topliss-reactive ketones (excluding diaryl/α,β-unsaturated/α-hetero) is 1. The van der Waals surface area contributed by atoms with Gasteiger partial charge in [-0.3, -0.25) is 19.3 Å². The largest absolute Gasteiger partial charge is 0.495 e. The van der Waals surface area contributed by atoms with Crippen LogP contribution in [0.25, 0.3) is 0 Å². The number of halogens is 1. The van der Waals surface area contributed by atoms with Gasteiger partial charge in [-0.25, -0.2) is 0 Å². The third-order valence-electron chi connectivity index (χ3n) is 4.28. The number of methoxy groups -OCH3 is 1. The number of fused-ring (bicyclic) bond motifs is 1. The van der Waals surface area contributed by atoms with E-state index in [1.54, 1.807) is 43.3 Å². The number of rotatable bonds is 6. The van der Waals surface area contributed by atoms with E-state index in [1.165, 1.54) is 12.0 Å². The lowest BCUT2D eigenvalue weighted by Crippen LogP contribution is -2.43. The summed E-state index contributed by atoms with van der Waals surface area (Å²) in [6.07, 6.45) is 0.340. The Hall–Kier alpha value is -3.06. The first-order valence-corrected chi connectivity index (χ1v) is 9.04. The molecule has 3 rings (SSSR count). The molecule has 0 aliphatic carbocycles. The van der Waals surface area contributed by atoms with Crippen LogP contribution in [0.4, 0.5) is 11.4 Å². The number of ketones is 1. The van der Waals surface area contributed by atoms with Crippen LogP contribution >= 0.6 is 11.6 Å². The summed E-state index contributed by atoms with van der Waals surface area (Å²) >= 11 is 6.07. The number of ether oxygens (including phenoxy) is 2. The Morgan fingerprint density at radius 1 is 1.25 bits per heavy atom. The predicted octanol–water partition coefficient (Wildman–Crippen LogP) is 3.31. The Kier molecular flexibility index (Phi) is 5.84. The van der Waals surface area contributed by atoms with Crippen LogP contribution in [0.15, 0.2) is 36.4 Å². The van der Waals surface area contributed by atoms with Crippen LogP contribution in [0, 0.1) is 0 Å². The Labute approximate surface area is 167 Å². The molecule has 8 heteroatoms. The lowest BCUT2D eigenvalue weighted by molar-refractivity contribution is -0.123. The number of carbonyl (C=O) groups is 3. The maximum absolute atomic E-state index is 12.5. The number of hydrogen-bond donors (Lipinski definition) is 1. The molecule has 0 saturated heterocycles. The Morgan fingerprint density at radius 2 is 2.04 bits per heavy atom. The summed E-state index contributed by atoms with van der Waals surface area (Å²) in [7, 11) is 1.50. The van der Waals surface area contributed by atoms with Gasteiger partial charge in [0.1, 0.15) is 18.0 Å². The van der Waals surface area contributed by atoms with Gasteiger partial charge >= 0.3 is 0 Å². The van der Waals surface area contributed by atoms with Crippen LogP contribution in [0.3, 0.4) is 0 Å². The standard InChI is InChI=1S/C20H19ClN2O5/c1-3-16(24)12-4-6-18-15(8-12)23(20(26)11-28-18)10-19(25)22-13-5-7-17(27-2)14(21)9-13/h4-9H,3,10-11H2,1-2H3,(H,22,25). The topological polar surface area (TPSA) is 84.9 Å². The predicted molar refractivity (Wildman–Crippen MR) is 106 cm³/mol. The van der Waals surface area contributed by atoms with Crippen LogP contribution in [0.2, 0.25) is 5.02 Å². The number of nitrogens with zero attached hydrogens (tertiary/aromatic N) is 1. The first-order valence-electron chi connectivity index (χ1n) is 8.66. The lowest BCUT2D eigenvalue weighted by Gasteiger charge is -2.29. The maximum atomic E-state index is 12.5. The molecule has 1 aliphatic heterocycles. The van der Waals surface area contributed by atoms with E-state index in [0.717, 1.165) is 0 Å². The molecule has 0 radical (unpaired) electrons. The Balaban J connectivity index is 1.80. The van der Waals surface area contributed by atoms with Gasteiger partial charge in [0.25, 0.3) is 5.91 Å². The second-order valence-corrected chi connectivity index (χ2v) is 6.53. The van der Waals surface area contributed by atoms with Crippen molar-refractivity contribution < 1.29 is 23.9 Å². The van der Waals surface area contributed by atoms with Gasteiger partial charge in [-0.15, -0.1) is 0 Å². The molecule has 2 aromatic rings. The monoisotopic (exact) mass is 402 g/mol. The molecule has 0 fully saturated rings. The molecular formula is C20H19ClN2O5. The third kappa shape index (κ3) is 4.09. The van der Waals surface area contributed by atoms with Gasteiger partial charge in [0.15, 0.2) is 12.4 Å². The van der Waals surface area contributed by atoms with Crippen molar-refractivity contribution in [3.05, 3.63) is 47.0 Å².